The number of hydrogen-bond acceptors (Lipinski definition) is 1. The standard InChI is InChI=1S/C10H8Cl2F3NO/c11-4-3-9(17)16-8-5-6(10(13,14)15)1-2-7(8)12/h1-2,5H,3-4H2,(H,16,17). The quantitative estimate of drug-likeness (QED) is 0.838. The molecule has 0 bridgehead atoms. The van der Waals surface area contributed by atoms with Crippen LogP contribution in [0.5, 0.6) is 0 Å². The molecule has 0 aliphatic carbocycles. The van der Waals surface area contributed by atoms with Crippen LogP contribution in [0, 0.1) is 0 Å². The highest BCUT2D eigenvalue weighted by molar-refractivity contribution is 6.33. The van der Waals surface area contributed by atoms with E-state index in [0.29, 0.717) is 0 Å². The van der Waals surface area contributed by atoms with Crippen molar-refractivity contribution in [2.24, 2.45) is 0 Å². The van der Waals surface area contributed by atoms with Crippen molar-refractivity contribution in [2.75, 3.05) is 11.2 Å². The van der Waals surface area contributed by atoms with Gasteiger partial charge in [0, 0.05) is 12.3 Å². The van der Waals surface area contributed by atoms with E-state index in [4.69, 9.17) is 23.2 Å². The number of benzene rings is 1. The van der Waals surface area contributed by atoms with Crippen LogP contribution in [-0.2, 0) is 11.0 Å². The number of rotatable bonds is 3. The number of halogens is 5. The number of nitrogens with one attached hydrogen (secondary N) is 1. The third kappa shape index (κ3) is 4.09. The first-order valence-electron chi connectivity index (χ1n) is 4.57. The predicted molar refractivity (Wildman–Crippen MR) is 60.4 cm³/mol. The molecule has 1 aromatic rings. The SMILES string of the molecule is O=C(CCCl)Nc1cc(C(F)(F)F)ccc1Cl. The monoisotopic (exact) mass is 285 g/mol. The molecule has 0 radical (unpaired) electrons. The molecule has 0 atom stereocenters. The maximum atomic E-state index is 12.4. The zero-order valence-corrected chi connectivity index (χ0v) is 9.96. The van der Waals surface area contributed by atoms with Gasteiger partial charge in [-0.2, -0.15) is 13.2 Å². The van der Waals surface area contributed by atoms with E-state index in [2.05, 4.69) is 5.32 Å². The summed E-state index contributed by atoms with van der Waals surface area (Å²) in [4.78, 5) is 11.2. The zero-order chi connectivity index (χ0) is 13.1. The van der Waals surface area contributed by atoms with E-state index < -0.39 is 17.6 Å². The largest absolute Gasteiger partial charge is 0.416 e. The van der Waals surface area contributed by atoms with Crippen LogP contribution < -0.4 is 5.32 Å². The van der Waals surface area contributed by atoms with Gasteiger partial charge in [-0.15, -0.1) is 11.6 Å². The summed E-state index contributed by atoms with van der Waals surface area (Å²) in [5.41, 5.74) is -0.945. The first kappa shape index (κ1) is 14.1. The molecule has 0 spiro atoms. The Hall–Kier alpha value is -0.940. The number of anilines is 1. The minimum absolute atomic E-state index is 0.00807. The lowest BCUT2D eigenvalue weighted by atomic mass is 10.2. The van der Waals surface area contributed by atoms with Crippen molar-refractivity contribution < 1.29 is 18.0 Å². The Balaban J connectivity index is 2.95. The predicted octanol–water partition coefficient (Wildman–Crippen LogP) is 3.93. The molecule has 94 valence electrons. The summed E-state index contributed by atoms with van der Waals surface area (Å²) in [6.07, 6.45) is -4.47. The Kier molecular flexibility index (Phi) is 4.65. The number of hydrogen-bond donors (Lipinski definition) is 1. The van der Waals surface area contributed by atoms with Crippen LogP contribution in [0.15, 0.2) is 18.2 Å². The molecule has 0 aliphatic heterocycles. The Labute approximate surface area is 106 Å². The molecule has 0 unspecified atom stereocenters. The molecule has 0 heterocycles. The van der Waals surface area contributed by atoms with Crippen LogP contribution in [0.2, 0.25) is 5.02 Å². The minimum atomic E-state index is -4.48. The summed E-state index contributed by atoms with van der Waals surface area (Å²) >= 11 is 11.0. The van der Waals surface area contributed by atoms with Crippen molar-refractivity contribution in [1.29, 1.82) is 0 Å². The second-order valence-corrected chi connectivity index (χ2v) is 3.96. The van der Waals surface area contributed by atoms with Gasteiger partial charge in [0.25, 0.3) is 0 Å². The Morgan fingerprint density at radius 1 is 1.35 bits per heavy atom. The molecule has 2 nitrogen and oxygen atoms in total. The Morgan fingerprint density at radius 2 is 2.00 bits per heavy atom. The van der Waals surface area contributed by atoms with Gasteiger partial charge in [0.05, 0.1) is 16.3 Å². The van der Waals surface area contributed by atoms with Crippen LogP contribution in [0.1, 0.15) is 12.0 Å². The molecular formula is C10H8Cl2F3NO. The molecule has 1 rings (SSSR count). The zero-order valence-electron chi connectivity index (χ0n) is 8.44. The van der Waals surface area contributed by atoms with Gasteiger partial charge in [0.1, 0.15) is 0 Å². The number of carbonyl (C=O) groups is 1. The van der Waals surface area contributed by atoms with E-state index in [1.165, 1.54) is 0 Å². The number of amides is 1. The molecule has 0 saturated carbocycles. The highest BCUT2D eigenvalue weighted by atomic mass is 35.5. The highest BCUT2D eigenvalue weighted by Gasteiger charge is 2.31. The summed E-state index contributed by atoms with van der Waals surface area (Å²) in [6.45, 7) is 0. The van der Waals surface area contributed by atoms with E-state index in [0.717, 1.165) is 18.2 Å². The fourth-order valence-corrected chi connectivity index (χ4v) is 1.43. The minimum Gasteiger partial charge on any atom is -0.325 e. The molecule has 17 heavy (non-hydrogen) atoms. The molecule has 1 amide bonds. The molecule has 1 aromatic carbocycles. The van der Waals surface area contributed by atoms with E-state index in [9.17, 15) is 18.0 Å². The maximum absolute atomic E-state index is 12.4. The summed E-state index contributed by atoms with van der Waals surface area (Å²) < 4.78 is 37.2. The number of alkyl halides is 4. The number of carbonyl (C=O) groups excluding carboxylic acids is 1. The summed E-state index contributed by atoms with van der Waals surface area (Å²) in [6, 6.07) is 2.72. The third-order valence-corrected chi connectivity index (χ3v) is 2.41. The lowest BCUT2D eigenvalue weighted by Crippen LogP contribution is -2.13. The Morgan fingerprint density at radius 3 is 2.53 bits per heavy atom. The second kappa shape index (κ2) is 5.60. The molecule has 0 saturated heterocycles. The maximum Gasteiger partial charge on any atom is 0.416 e. The summed E-state index contributed by atoms with van der Waals surface area (Å²) in [5.74, 6) is -0.399. The van der Waals surface area contributed by atoms with Crippen molar-refractivity contribution in [3.63, 3.8) is 0 Å². The molecule has 1 N–H and O–H groups in total. The summed E-state index contributed by atoms with van der Waals surface area (Å²) in [5, 5.41) is 2.31. The van der Waals surface area contributed by atoms with Crippen LogP contribution in [0.3, 0.4) is 0 Å². The van der Waals surface area contributed by atoms with Gasteiger partial charge in [0.15, 0.2) is 0 Å². The molecule has 7 heteroatoms. The van der Waals surface area contributed by atoms with Crippen LogP contribution in [-0.4, -0.2) is 11.8 Å². The van der Waals surface area contributed by atoms with E-state index in [-0.39, 0.29) is 23.0 Å². The van der Waals surface area contributed by atoms with Gasteiger partial charge in [-0.1, -0.05) is 11.6 Å². The van der Waals surface area contributed by atoms with Crippen molar-refractivity contribution in [1.82, 2.24) is 0 Å². The first-order valence-corrected chi connectivity index (χ1v) is 5.48. The molecule has 0 aliphatic rings. The van der Waals surface area contributed by atoms with Crippen molar-refractivity contribution in [3.8, 4) is 0 Å². The van der Waals surface area contributed by atoms with E-state index in [1.54, 1.807) is 0 Å². The fraction of sp³-hybridized carbons (Fsp3) is 0.300. The van der Waals surface area contributed by atoms with E-state index >= 15 is 0 Å². The van der Waals surface area contributed by atoms with Gasteiger partial charge in [0.2, 0.25) is 5.91 Å². The van der Waals surface area contributed by atoms with Crippen molar-refractivity contribution in [3.05, 3.63) is 28.8 Å². The summed E-state index contributed by atoms with van der Waals surface area (Å²) in [7, 11) is 0. The second-order valence-electron chi connectivity index (χ2n) is 3.18. The fourth-order valence-electron chi connectivity index (χ4n) is 1.10. The average molecular weight is 286 g/mol. The van der Waals surface area contributed by atoms with Crippen LogP contribution in [0.4, 0.5) is 18.9 Å². The van der Waals surface area contributed by atoms with Gasteiger partial charge in [-0.3, -0.25) is 4.79 Å². The smallest absolute Gasteiger partial charge is 0.325 e. The molecule has 0 aromatic heterocycles. The van der Waals surface area contributed by atoms with Crippen LogP contribution in [0.25, 0.3) is 0 Å². The third-order valence-electron chi connectivity index (χ3n) is 1.89. The lowest BCUT2D eigenvalue weighted by Gasteiger charge is -2.11. The van der Waals surface area contributed by atoms with Crippen LogP contribution >= 0.6 is 23.2 Å². The highest BCUT2D eigenvalue weighted by Crippen LogP contribution is 2.33. The van der Waals surface area contributed by atoms with Gasteiger partial charge >= 0.3 is 6.18 Å². The van der Waals surface area contributed by atoms with Gasteiger partial charge in [-0.25, -0.2) is 0 Å². The molecule has 0 fully saturated rings. The lowest BCUT2D eigenvalue weighted by molar-refractivity contribution is -0.137. The normalized spacial score (nSPS) is 11.4. The first-order chi connectivity index (χ1) is 7.84. The Bertz CT molecular complexity index is 421. The molecular weight excluding hydrogens is 278 g/mol. The van der Waals surface area contributed by atoms with E-state index in [1.807, 2.05) is 0 Å². The van der Waals surface area contributed by atoms with Gasteiger partial charge < -0.3 is 5.32 Å². The van der Waals surface area contributed by atoms with Gasteiger partial charge in [-0.05, 0) is 18.2 Å². The topological polar surface area (TPSA) is 29.1 Å². The van der Waals surface area contributed by atoms with Crippen molar-refractivity contribution in [2.45, 2.75) is 12.6 Å². The average Bonchev–Trinajstić information content (AvgIpc) is 2.20. The van der Waals surface area contributed by atoms with Crippen molar-refractivity contribution >= 4 is 34.8 Å².